The summed E-state index contributed by atoms with van der Waals surface area (Å²) in [7, 11) is 0. The fourth-order valence-corrected chi connectivity index (χ4v) is 2.22. The lowest BCUT2D eigenvalue weighted by Gasteiger charge is -2.18. The number of rotatable bonds is 12. The Hall–Kier alpha value is -2.34. The Morgan fingerprint density at radius 3 is 2.23 bits per heavy atom. The summed E-state index contributed by atoms with van der Waals surface area (Å²) in [4.78, 5) is 57.1. The normalized spacial score (nSPS) is 13.8. The van der Waals surface area contributed by atoms with E-state index in [1.807, 2.05) is 6.26 Å². The minimum atomic E-state index is -1.49. The first kappa shape index (κ1) is 23.7. The van der Waals surface area contributed by atoms with Crippen LogP contribution in [-0.2, 0) is 24.0 Å². The predicted octanol–water partition coefficient (Wildman–Crippen LogP) is -2.87. The third-order valence-electron chi connectivity index (χ3n) is 3.18. The molecule has 3 unspecified atom stereocenters. The highest BCUT2D eigenvalue weighted by Gasteiger charge is 2.25. The van der Waals surface area contributed by atoms with Gasteiger partial charge in [0.1, 0.15) is 12.1 Å². The van der Waals surface area contributed by atoms with Crippen LogP contribution in [-0.4, -0.2) is 71.4 Å². The first-order valence-electron chi connectivity index (χ1n) is 7.71. The van der Waals surface area contributed by atoms with Crippen molar-refractivity contribution in [2.45, 2.75) is 37.9 Å². The maximum Gasteiger partial charge on any atom is 0.326 e. The van der Waals surface area contributed by atoms with Crippen LogP contribution in [0.25, 0.3) is 0 Å². The maximum atomic E-state index is 11.9. The molecular formula is C14H25N5O6S. The second-order valence-corrected chi connectivity index (χ2v) is 6.45. The average Bonchev–Trinajstić information content (AvgIpc) is 2.55. The van der Waals surface area contributed by atoms with Crippen LogP contribution in [0.1, 0.15) is 19.8 Å². The molecule has 148 valence electrons. The molecule has 3 atom stereocenters. The zero-order chi connectivity index (χ0) is 20.3. The number of carboxylic acid groups (broad SMARTS) is 1. The molecule has 0 aromatic carbocycles. The molecule has 0 aromatic heterocycles. The van der Waals surface area contributed by atoms with Crippen LogP contribution in [0.2, 0.25) is 0 Å². The van der Waals surface area contributed by atoms with Gasteiger partial charge in [0, 0.05) is 0 Å². The fraction of sp³-hybridized carbons (Fsp3) is 0.643. The van der Waals surface area contributed by atoms with Crippen LogP contribution in [0.3, 0.4) is 0 Å². The first-order valence-corrected chi connectivity index (χ1v) is 9.10. The molecule has 0 rings (SSSR count). The zero-order valence-corrected chi connectivity index (χ0v) is 15.4. The number of primary amides is 1. The second-order valence-electron chi connectivity index (χ2n) is 5.46. The Morgan fingerprint density at radius 1 is 1.12 bits per heavy atom. The summed E-state index contributed by atoms with van der Waals surface area (Å²) in [6.07, 6.45) is 1.76. The van der Waals surface area contributed by atoms with Crippen LogP contribution in [0.5, 0.6) is 0 Å². The number of amides is 4. The Bertz CT molecular complexity index is 544. The molecule has 0 aliphatic heterocycles. The SMILES string of the molecule is CSCCC(N)C(=O)NCC(=O)NC(C)C(=O)NC(CC(N)=O)C(=O)O. The van der Waals surface area contributed by atoms with E-state index in [4.69, 9.17) is 16.6 Å². The molecule has 0 fully saturated rings. The third kappa shape index (κ3) is 9.84. The maximum absolute atomic E-state index is 11.9. The van der Waals surface area contributed by atoms with Crippen LogP contribution in [0.4, 0.5) is 0 Å². The summed E-state index contributed by atoms with van der Waals surface area (Å²) in [5.41, 5.74) is 10.6. The highest BCUT2D eigenvalue weighted by molar-refractivity contribution is 7.98. The number of carbonyl (C=O) groups excluding carboxylic acids is 4. The average molecular weight is 391 g/mol. The van der Waals surface area contributed by atoms with Gasteiger partial charge in [-0.2, -0.15) is 11.8 Å². The van der Waals surface area contributed by atoms with Crippen molar-refractivity contribution in [2.75, 3.05) is 18.6 Å². The van der Waals surface area contributed by atoms with Gasteiger partial charge < -0.3 is 32.5 Å². The molecule has 0 saturated carbocycles. The Kier molecular flexibility index (Phi) is 11.0. The van der Waals surface area contributed by atoms with Crippen molar-refractivity contribution < 1.29 is 29.1 Å². The summed E-state index contributed by atoms with van der Waals surface area (Å²) in [6.45, 7) is 0.940. The van der Waals surface area contributed by atoms with E-state index in [2.05, 4.69) is 16.0 Å². The van der Waals surface area contributed by atoms with E-state index in [-0.39, 0.29) is 6.54 Å². The molecule has 0 heterocycles. The van der Waals surface area contributed by atoms with Gasteiger partial charge in [0.05, 0.1) is 19.0 Å². The van der Waals surface area contributed by atoms with Crippen molar-refractivity contribution in [3.05, 3.63) is 0 Å². The third-order valence-corrected chi connectivity index (χ3v) is 3.83. The van der Waals surface area contributed by atoms with Gasteiger partial charge in [-0.25, -0.2) is 4.79 Å². The monoisotopic (exact) mass is 391 g/mol. The van der Waals surface area contributed by atoms with Gasteiger partial charge in [0.15, 0.2) is 0 Å². The van der Waals surface area contributed by atoms with Gasteiger partial charge >= 0.3 is 5.97 Å². The van der Waals surface area contributed by atoms with E-state index in [0.29, 0.717) is 12.2 Å². The van der Waals surface area contributed by atoms with Gasteiger partial charge in [-0.1, -0.05) is 0 Å². The topological polar surface area (TPSA) is 194 Å². The number of nitrogens with one attached hydrogen (secondary N) is 3. The number of thioether (sulfide) groups is 1. The highest BCUT2D eigenvalue weighted by atomic mass is 32.2. The van der Waals surface area contributed by atoms with Gasteiger partial charge in [-0.05, 0) is 25.4 Å². The van der Waals surface area contributed by atoms with Gasteiger partial charge in [-0.3, -0.25) is 19.2 Å². The Balaban J connectivity index is 4.39. The standard InChI is InChI=1S/C14H25N5O6S/c1-7(12(22)19-9(14(24)25)5-10(16)20)18-11(21)6-17-13(23)8(15)3-4-26-2/h7-9H,3-6,15H2,1-2H3,(H2,16,20)(H,17,23)(H,18,21)(H,19,22)(H,24,25). The van der Waals surface area contributed by atoms with Crippen molar-refractivity contribution in [3.63, 3.8) is 0 Å². The number of hydrogen-bond donors (Lipinski definition) is 6. The van der Waals surface area contributed by atoms with Gasteiger partial charge in [0.25, 0.3) is 0 Å². The molecule has 0 aromatic rings. The fourth-order valence-electron chi connectivity index (χ4n) is 1.73. The lowest BCUT2D eigenvalue weighted by Crippen LogP contribution is -2.53. The Morgan fingerprint density at radius 2 is 1.73 bits per heavy atom. The first-order chi connectivity index (χ1) is 12.1. The summed E-state index contributed by atoms with van der Waals surface area (Å²) in [5.74, 6) is -3.57. The van der Waals surface area contributed by atoms with Crippen molar-refractivity contribution in [2.24, 2.45) is 11.5 Å². The number of nitrogens with two attached hydrogens (primary N) is 2. The molecule has 0 radical (unpaired) electrons. The molecule has 4 amide bonds. The Labute approximate surface area is 155 Å². The number of carboxylic acids is 1. The molecule has 0 aliphatic carbocycles. The van der Waals surface area contributed by atoms with E-state index in [1.165, 1.54) is 18.7 Å². The lowest BCUT2D eigenvalue weighted by molar-refractivity contribution is -0.143. The number of hydrogen-bond acceptors (Lipinski definition) is 7. The van der Waals surface area contributed by atoms with Crippen LogP contribution in [0, 0.1) is 0 Å². The zero-order valence-electron chi connectivity index (χ0n) is 14.6. The smallest absolute Gasteiger partial charge is 0.326 e. The molecule has 0 saturated heterocycles. The molecule has 0 aliphatic rings. The number of aliphatic carboxylic acids is 1. The van der Waals surface area contributed by atoms with E-state index in [1.54, 1.807) is 0 Å². The second kappa shape index (κ2) is 12.1. The van der Waals surface area contributed by atoms with Crippen LogP contribution >= 0.6 is 11.8 Å². The van der Waals surface area contributed by atoms with Crippen LogP contribution in [0.15, 0.2) is 0 Å². The van der Waals surface area contributed by atoms with E-state index in [9.17, 15) is 24.0 Å². The minimum Gasteiger partial charge on any atom is -0.480 e. The largest absolute Gasteiger partial charge is 0.480 e. The van der Waals surface area contributed by atoms with Gasteiger partial charge in [-0.15, -0.1) is 0 Å². The molecule has 8 N–H and O–H groups in total. The lowest BCUT2D eigenvalue weighted by atomic mass is 10.2. The van der Waals surface area contributed by atoms with Crippen molar-refractivity contribution in [1.29, 1.82) is 0 Å². The van der Waals surface area contributed by atoms with Crippen LogP contribution < -0.4 is 27.4 Å². The summed E-state index contributed by atoms with van der Waals surface area (Å²) in [6, 6.07) is -3.31. The highest BCUT2D eigenvalue weighted by Crippen LogP contribution is 1.98. The summed E-state index contributed by atoms with van der Waals surface area (Å²) in [5, 5.41) is 15.7. The molecule has 11 nitrogen and oxygen atoms in total. The predicted molar refractivity (Wildman–Crippen MR) is 95.0 cm³/mol. The molecule has 26 heavy (non-hydrogen) atoms. The summed E-state index contributed by atoms with van der Waals surface area (Å²) < 4.78 is 0. The quantitative estimate of drug-likeness (QED) is 0.204. The van der Waals surface area contributed by atoms with E-state index in [0.717, 1.165) is 0 Å². The number of carbonyl (C=O) groups is 5. The van der Waals surface area contributed by atoms with Gasteiger partial charge in [0.2, 0.25) is 23.6 Å². The van der Waals surface area contributed by atoms with E-state index < -0.39 is 54.1 Å². The molecule has 0 bridgehead atoms. The molecule has 12 heteroatoms. The van der Waals surface area contributed by atoms with Crippen molar-refractivity contribution in [3.8, 4) is 0 Å². The molecule has 0 spiro atoms. The summed E-state index contributed by atoms with van der Waals surface area (Å²) >= 11 is 1.54. The van der Waals surface area contributed by atoms with E-state index >= 15 is 0 Å². The van der Waals surface area contributed by atoms with Crippen molar-refractivity contribution >= 4 is 41.4 Å². The minimum absolute atomic E-state index is 0.382. The molecular weight excluding hydrogens is 366 g/mol. The van der Waals surface area contributed by atoms with Crippen molar-refractivity contribution in [1.82, 2.24) is 16.0 Å².